The summed E-state index contributed by atoms with van der Waals surface area (Å²) in [5.74, 6) is -0.358. The molecule has 0 N–H and O–H groups in total. The molecule has 12 heteroatoms. The molecule has 33 heavy (non-hydrogen) atoms. The highest BCUT2D eigenvalue weighted by Gasteiger charge is 2.37. The number of nitrogens with zero attached hydrogens (tertiary/aromatic N) is 3. The highest BCUT2D eigenvalue weighted by Crippen LogP contribution is 2.38. The highest BCUT2D eigenvalue weighted by atomic mass is 35.5. The largest absolute Gasteiger partial charge is 0.457 e. The summed E-state index contributed by atoms with van der Waals surface area (Å²) < 4.78 is 5.69. The van der Waals surface area contributed by atoms with Gasteiger partial charge in [0.25, 0.3) is 16.8 Å². The number of hydrogen-bond acceptors (Lipinski definition) is 7. The molecule has 2 saturated heterocycles. The standard InChI is InChI=1S/C21H17Cl2N3O6S/c22-14-10-15(23)16(26(30)31)9-13(14)17-5-4-12(32-17)8-18-20(28)25(21(29)33-18)11-19(27)24-6-2-1-3-7-24/h4-5,8-10H,1-3,6-7,11H2/b18-8-. The molecule has 0 spiro atoms. The van der Waals surface area contributed by atoms with Crippen LogP contribution in [0, 0.1) is 10.1 Å². The molecule has 0 atom stereocenters. The van der Waals surface area contributed by atoms with Gasteiger partial charge in [0.1, 0.15) is 23.1 Å². The molecule has 4 rings (SSSR count). The van der Waals surface area contributed by atoms with Gasteiger partial charge in [-0.1, -0.05) is 23.2 Å². The molecule has 172 valence electrons. The van der Waals surface area contributed by atoms with Crippen molar-refractivity contribution >= 4 is 63.8 Å². The predicted molar refractivity (Wildman–Crippen MR) is 124 cm³/mol. The number of amides is 3. The molecule has 0 radical (unpaired) electrons. The van der Waals surface area contributed by atoms with Crippen LogP contribution in [-0.2, 0) is 9.59 Å². The number of nitro groups is 1. The molecule has 3 amide bonds. The van der Waals surface area contributed by atoms with Gasteiger partial charge in [-0.25, -0.2) is 0 Å². The van der Waals surface area contributed by atoms with Crippen molar-refractivity contribution < 1.29 is 23.7 Å². The van der Waals surface area contributed by atoms with E-state index in [2.05, 4.69) is 0 Å². The topological polar surface area (TPSA) is 114 Å². The molecule has 2 aliphatic heterocycles. The summed E-state index contributed by atoms with van der Waals surface area (Å²) in [6, 6.07) is 5.53. The first-order valence-corrected chi connectivity index (χ1v) is 11.6. The first kappa shape index (κ1) is 23.3. The number of rotatable bonds is 5. The van der Waals surface area contributed by atoms with Crippen molar-refractivity contribution in [1.82, 2.24) is 9.80 Å². The van der Waals surface area contributed by atoms with Crippen LogP contribution in [0.15, 0.2) is 33.6 Å². The third-order valence-corrected chi connectivity index (χ3v) is 6.80. The lowest BCUT2D eigenvalue weighted by Gasteiger charge is -2.27. The fraction of sp³-hybridized carbons (Fsp3) is 0.286. The number of carbonyl (C=O) groups excluding carboxylic acids is 3. The zero-order valence-corrected chi connectivity index (χ0v) is 19.4. The van der Waals surface area contributed by atoms with Gasteiger partial charge in [0.05, 0.1) is 14.9 Å². The Balaban J connectivity index is 1.52. The fourth-order valence-corrected chi connectivity index (χ4v) is 4.95. The zero-order valence-electron chi connectivity index (χ0n) is 17.1. The second kappa shape index (κ2) is 9.58. The Labute approximate surface area is 202 Å². The van der Waals surface area contributed by atoms with Crippen molar-refractivity contribution in [2.75, 3.05) is 19.6 Å². The Hall–Kier alpha value is -2.82. The van der Waals surface area contributed by atoms with Gasteiger partial charge in [-0.15, -0.1) is 0 Å². The van der Waals surface area contributed by atoms with Crippen molar-refractivity contribution in [1.29, 1.82) is 0 Å². The van der Waals surface area contributed by atoms with Gasteiger partial charge >= 0.3 is 0 Å². The SMILES string of the molecule is O=C(CN1C(=O)S/C(=C\c2ccc(-c3cc([N+](=O)[O-])c(Cl)cc3Cl)o2)C1=O)N1CCCCC1. The van der Waals surface area contributed by atoms with Crippen LogP contribution >= 0.6 is 35.0 Å². The first-order valence-electron chi connectivity index (χ1n) is 10.0. The number of halogens is 2. The molecule has 0 bridgehead atoms. The number of likely N-dealkylation sites (tertiary alicyclic amines) is 1. The number of carbonyl (C=O) groups is 3. The smallest absolute Gasteiger partial charge is 0.294 e. The normalized spacial score (nSPS) is 17.8. The molecule has 2 fully saturated rings. The quantitative estimate of drug-likeness (QED) is 0.308. The predicted octanol–water partition coefficient (Wildman–Crippen LogP) is 5.21. The molecule has 0 unspecified atom stereocenters. The van der Waals surface area contributed by atoms with E-state index in [1.807, 2.05) is 0 Å². The minimum atomic E-state index is -0.632. The van der Waals surface area contributed by atoms with Crippen molar-refractivity contribution in [3.63, 3.8) is 0 Å². The van der Waals surface area contributed by atoms with E-state index < -0.39 is 16.1 Å². The van der Waals surface area contributed by atoms with Crippen LogP contribution in [-0.4, -0.2) is 51.4 Å². The summed E-state index contributed by atoms with van der Waals surface area (Å²) in [6.45, 7) is 0.965. The maximum absolute atomic E-state index is 12.7. The Kier molecular flexibility index (Phi) is 6.78. The number of furan rings is 1. The van der Waals surface area contributed by atoms with Crippen LogP contribution in [0.5, 0.6) is 0 Å². The second-order valence-corrected chi connectivity index (χ2v) is 9.26. The molecule has 1 aromatic carbocycles. The van der Waals surface area contributed by atoms with Crippen LogP contribution in [0.3, 0.4) is 0 Å². The third-order valence-electron chi connectivity index (χ3n) is 5.27. The Morgan fingerprint density at radius 1 is 1.15 bits per heavy atom. The molecular weight excluding hydrogens is 493 g/mol. The third kappa shape index (κ3) is 4.92. The average Bonchev–Trinajstić information content (AvgIpc) is 3.34. The molecule has 0 saturated carbocycles. The fourth-order valence-electron chi connectivity index (χ4n) is 3.59. The van der Waals surface area contributed by atoms with E-state index in [4.69, 9.17) is 27.6 Å². The highest BCUT2D eigenvalue weighted by molar-refractivity contribution is 8.18. The Morgan fingerprint density at radius 2 is 1.88 bits per heavy atom. The van der Waals surface area contributed by atoms with Crippen molar-refractivity contribution in [2.45, 2.75) is 19.3 Å². The van der Waals surface area contributed by atoms with E-state index in [9.17, 15) is 24.5 Å². The van der Waals surface area contributed by atoms with Crippen molar-refractivity contribution in [3.05, 3.63) is 55.1 Å². The van der Waals surface area contributed by atoms with Gasteiger partial charge in [0, 0.05) is 30.8 Å². The number of hydrogen-bond donors (Lipinski definition) is 0. The van der Waals surface area contributed by atoms with Crippen LogP contribution in [0.1, 0.15) is 25.0 Å². The zero-order chi connectivity index (χ0) is 23.7. The maximum atomic E-state index is 12.7. The van der Waals surface area contributed by atoms with Gasteiger partial charge in [-0.3, -0.25) is 29.4 Å². The summed E-state index contributed by atoms with van der Waals surface area (Å²) in [4.78, 5) is 50.8. The number of benzene rings is 1. The number of thioether (sulfide) groups is 1. The lowest BCUT2D eigenvalue weighted by atomic mass is 10.1. The van der Waals surface area contributed by atoms with Crippen molar-refractivity contribution in [3.8, 4) is 11.3 Å². The van der Waals surface area contributed by atoms with E-state index in [1.165, 1.54) is 24.3 Å². The average molecular weight is 510 g/mol. The van der Waals surface area contributed by atoms with Gasteiger partial charge in [-0.2, -0.15) is 0 Å². The van der Waals surface area contributed by atoms with Gasteiger partial charge < -0.3 is 9.32 Å². The summed E-state index contributed by atoms with van der Waals surface area (Å²) in [5, 5.41) is 10.7. The van der Waals surface area contributed by atoms with Crippen LogP contribution < -0.4 is 0 Å². The number of piperidine rings is 1. The lowest BCUT2D eigenvalue weighted by Crippen LogP contribution is -2.44. The molecule has 9 nitrogen and oxygen atoms in total. The van der Waals surface area contributed by atoms with E-state index in [-0.39, 0.29) is 50.2 Å². The molecule has 0 aliphatic carbocycles. The van der Waals surface area contributed by atoms with Crippen LogP contribution in [0.4, 0.5) is 10.5 Å². The maximum Gasteiger partial charge on any atom is 0.294 e. The second-order valence-electron chi connectivity index (χ2n) is 7.45. The minimum Gasteiger partial charge on any atom is -0.457 e. The number of nitro benzene ring substituents is 1. The molecule has 1 aromatic heterocycles. The summed E-state index contributed by atoms with van der Waals surface area (Å²) in [6.07, 6.45) is 4.27. The minimum absolute atomic E-state index is 0.103. The summed E-state index contributed by atoms with van der Waals surface area (Å²) in [7, 11) is 0. The van der Waals surface area contributed by atoms with E-state index in [1.54, 1.807) is 11.0 Å². The van der Waals surface area contributed by atoms with E-state index in [0.29, 0.717) is 24.9 Å². The molecular formula is C21H17Cl2N3O6S. The van der Waals surface area contributed by atoms with Crippen molar-refractivity contribution in [2.24, 2.45) is 0 Å². The van der Waals surface area contributed by atoms with Crippen LogP contribution in [0.25, 0.3) is 17.4 Å². The van der Waals surface area contributed by atoms with Crippen LogP contribution in [0.2, 0.25) is 10.0 Å². The summed E-state index contributed by atoms with van der Waals surface area (Å²) >= 11 is 12.7. The van der Waals surface area contributed by atoms with Gasteiger partial charge in [0.15, 0.2) is 0 Å². The van der Waals surface area contributed by atoms with E-state index >= 15 is 0 Å². The van der Waals surface area contributed by atoms with E-state index in [0.717, 1.165) is 24.2 Å². The lowest BCUT2D eigenvalue weighted by molar-refractivity contribution is -0.384. The molecule has 2 aromatic rings. The Bertz CT molecular complexity index is 1190. The molecule has 2 aliphatic rings. The summed E-state index contributed by atoms with van der Waals surface area (Å²) in [5.41, 5.74) is -0.0684. The molecule has 3 heterocycles. The van der Waals surface area contributed by atoms with Gasteiger partial charge in [-0.05, 0) is 49.2 Å². The first-order chi connectivity index (χ1) is 15.7. The monoisotopic (exact) mass is 509 g/mol. The number of imide groups is 1. The van der Waals surface area contributed by atoms with Gasteiger partial charge in [0.2, 0.25) is 5.91 Å². The Morgan fingerprint density at radius 3 is 2.58 bits per heavy atom.